The summed E-state index contributed by atoms with van der Waals surface area (Å²) in [7, 11) is 0. The molecule has 0 atom stereocenters. The quantitative estimate of drug-likeness (QED) is 0.309. The van der Waals surface area contributed by atoms with Crippen LogP contribution in [0.1, 0.15) is 11.1 Å². The normalized spacial score (nSPS) is 10.8. The van der Waals surface area contributed by atoms with Gasteiger partial charge in [0, 0.05) is 23.9 Å². The maximum Gasteiger partial charge on any atom is 0.262 e. The van der Waals surface area contributed by atoms with E-state index in [1.807, 2.05) is 61.5 Å². The molecule has 1 heterocycles. The lowest BCUT2D eigenvalue weighted by atomic mass is 10.0. The number of ether oxygens (including phenoxy) is 1. The summed E-state index contributed by atoms with van der Waals surface area (Å²) in [5.74, 6) is 0.296. The third-order valence-corrected chi connectivity index (χ3v) is 4.64. The van der Waals surface area contributed by atoms with E-state index in [2.05, 4.69) is 18.5 Å². The molecule has 0 aliphatic rings. The number of amides is 1. The Morgan fingerprint density at radius 3 is 2.66 bits per heavy atom. The summed E-state index contributed by atoms with van der Waals surface area (Å²) >= 11 is 0. The maximum absolute atomic E-state index is 12.4. The Labute approximate surface area is 187 Å². The first kappa shape index (κ1) is 22.3. The van der Waals surface area contributed by atoms with Gasteiger partial charge in [-0.3, -0.25) is 4.79 Å². The largest absolute Gasteiger partial charge is 0.489 e. The highest BCUT2D eigenvalue weighted by Crippen LogP contribution is 2.30. The Kier molecular flexibility index (Phi) is 7.39. The molecule has 0 radical (unpaired) electrons. The molecule has 0 saturated carbocycles. The zero-order valence-electron chi connectivity index (χ0n) is 17.9. The van der Waals surface area contributed by atoms with Crippen LogP contribution in [-0.2, 0) is 4.79 Å². The van der Waals surface area contributed by atoms with Gasteiger partial charge in [0.05, 0.1) is 5.69 Å². The molecule has 1 amide bonds. The van der Waals surface area contributed by atoms with Gasteiger partial charge in [0.1, 0.15) is 29.7 Å². The number of nitriles is 1. The molecular formula is C26H24N4O2. The molecule has 0 bridgehead atoms. The minimum Gasteiger partial charge on any atom is -0.489 e. The molecule has 0 aliphatic carbocycles. The van der Waals surface area contributed by atoms with Crippen molar-refractivity contribution in [3.05, 3.63) is 96.7 Å². The van der Waals surface area contributed by atoms with Crippen LogP contribution in [0.3, 0.4) is 0 Å². The highest BCUT2D eigenvalue weighted by Gasteiger charge is 2.15. The summed E-state index contributed by atoms with van der Waals surface area (Å²) in [5, 5.41) is 16.9. The van der Waals surface area contributed by atoms with Crippen LogP contribution < -0.4 is 10.1 Å². The predicted octanol–water partition coefficient (Wildman–Crippen LogP) is 4.62. The monoisotopic (exact) mass is 424 g/mol. The number of carbonyl (C=O) groups is 1. The van der Waals surface area contributed by atoms with Gasteiger partial charge in [0.2, 0.25) is 0 Å². The minimum absolute atomic E-state index is 0.0108. The van der Waals surface area contributed by atoms with Crippen molar-refractivity contribution < 1.29 is 9.53 Å². The van der Waals surface area contributed by atoms with E-state index in [0.717, 1.165) is 22.6 Å². The van der Waals surface area contributed by atoms with Gasteiger partial charge in [-0.05, 0) is 48.9 Å². The van der Waals surface area contributed by atoms with Crippen LogP contribution in [0.2, 0.25) is 0 Å². The zero-order chi connectivity index (χ0) is 22.9. The molecule has 1 N–H and O–H groups in total. The Morgan fingerprint density at radius 2 is 2.00 bits per heavy atom. The average Bonchev–Trinajstić information content (AvgIpc) is 3.24. The summed E-state index contributed by atoms with van der Waals surface area (Å²) in [4.78, 5) is 12.4. The van der Waals surface area contributed by atoms with Crippen LogP contribution in [-0.4, -0.2) is 28.8 Å². The van der Waals surface area contributed by atoms with Crippen LogP contribution >= 0.6 is 0 Å². The van der Waals surface area contributed by atoms with Gasteiger partial charge >= 0.3 is 0 Å². The van der Waals surface area contributed by atoms with E-state index >= 15 is 0 Å². The number of rotatable bonds is 9. The highest BCUT2D eigenvalue weighted by atomic mass is 16.5. The number of hydrogen-bond acceptors (Lipinski definition) is 4. The smallest absolute Gasteiger partial charge is 0.262 e. The second kappa shape index (κ2) is 10.6. The Hall–Kier alpha value is -4.37. The van der Waals surface area contributed by atoms with Crippen LogP contribution in [0.15, 0.2) is 85.6 Å². The van der Waals surface area contributed by atoms with E-state index in [0.29, 0.717) is 17.9 Å². The lowest BCUT2D eigenvalue weighted by Crippen LogP contribution is -2.24. The second-order valence-corrected chi connectivity index (χ2v) is 6.96. The maximum atomic E-state index is 12.4. The number of aromatic nitrogens is 2. The number of nitrogens with one attached hydrogen (secondary N) is 1. The highest BCUT2D eigenvalue weighted by molar-refractivity contribution is 6.02. The van der Waals surface area contributed by atoms with Crippen molar-refractivity contribution in [2.45, 2.75) is 6.92 Å². The van der Waals surface area contributed by atoms with Crippen LogP contribution in [0.25, 0.3) is 23.0 Å². The lowest BCUT2D eigenvalue weighted by molar-refractivity contribution is -0.116. The van der Waals surface area contributed by atoms with Gasteiger partial charge in [-0.2, -0.15) is 10.4 Å². The van der Waals surface area contributed by atoms with Gasteiger partial charge in [0.15, 0.2) is 0 Å². The topological polar surface area (TPSA) is 79.9 Å². The van der Waals surface area contributed by atoms with E-state index in [-0.39, 0.29) is 12.1 Å². The fourth-order valence-electron chi connectivity index (χ4n) is 3.10. The van der Waals surface area contributed by atoms with Crippen LogP contribution in [0.4, 0.5) is 0 Å². The molecule has 160 valence electrons. The third-order valence-electron chi connectivity index (χ3n) is 4.64. The van der Waals surface area contributed by atoms with Crippen molar-refractivity contribution in [3.63, 3.8) is 0 Å². The molecule has 0 fully saturated rings. The SMILES string of the molecule is C=CCNC(=O)C(C#N)=Cc1cn(-c2ccccc2)nc1-c1ccc(OCC=C)c(C)c1. The molecule has 0 aliphatic heterocycles. The van der Waals surface area contributed by atoms with E-state index in [1.54, 1.807) is 29.1 Å². The summed E-state index contributed by atoms with van der Waals surface area (Å²) in [5.41, 5.74) is 3.94. The summed E-state index contributed by atoms with van der Waals surface area (Å²) in [6.07, 6.45) is 6.61. The number of hydrogen-bond donors (Lipinski definition) is 1. The van der Waals surface area contributed by atoms with Crippen LogP contribution in [0, 0.1) is 18.3 Å². The molecule has 6 nitrogen and oxygen atoms in total. The molecule has 0 unspecified atom stereocenters. The molecule has 3 aromatic rings. The van der Waals surface area contributed by atoms with Gasteiger partial charge in [-0.1, -0.05) is 36.9 Å². The number of para-hydroxylation sites is 1. The van der Waals surface area contributed by atoms with Crippen molar-refractivity contribution >= 4 is 12.0 Å². The van der Waals surface area contributed by atoms with Gasteiger partial charge in [0.25, 0.3) is 5.91 Å². The molecule has 3 rings (SSSR count). The van der Waals surface area contributed by atoms with Crippen LogP contribution in [0.5, 0.6) is 5.75 Å². The minimum atomic E-state index is -0.463. The first-order valence-corrected chi connectivity index (χ1v) is 10.1. The van der Waals surface area contributed by atoms with Gasteiger partial charge in [-0.25, -0.2) is 4.68 Å². The fourth-order valence-corrected chi connectivity index (χ4v) is 3.10. The number of benzene rings is 2. The number of nitrogens with zero attached hydrogens (tertiary/aromatic N) is 3. The third kappa shape index (κ3) is 5.21. The Balaban J connectivity index is 2.09. The van der Waals surface area contributed by atoms with E-state index in [4.69, 9.17) is 9.84 Å². The van der Waals surface area contributed by atoms with Crippen molar-refractivity contribution in [2.24, 2.45) is 0 Å². The molecular weight excluding hydrogens is 400 g/mol. The predicted molar refractivity (Wildman–Crippen MR) is 126 cm³/mol. The van der Waals surface area contributed by atoms with Crippen molar-refractivity contribution in [3.8, 4) is 28.8 Å². The molecule has 6 heteroatoms. The summed E-state index contributed by atoms with van der Waals surface area (Å²) < 4.78 is 7.40. The summed E-state index contributed by atoms with van der Waals surface area (Å²) in [6, 6.07) is 17.4. The van der Waals surface area contributed by atoms with Crippen molar-refractivity contribution in [2.75, 3.05) is 13.2 Å². The average molecular weight is 425 g/mol. The fraction of sp³-hybridized carbons (Fsp3) is 0.115. The molecule has 32 heavy (non-hydrogen) atoms. The second-order valence-electron chi connectivity index (χ2n) is 6.96. The first-order valence-electron chi connectivity index (χ1n) is 10.1. The number of aryl methyl sites for hydroxylation is 1. The lowest BCUT2D eigenvalue weighted by Gasteiger charge is -2.09. The molecule has 0 saturated heterocycles. The molecule has 2 aromatic carbocycles. The zero-order valence-corrected chi connectivity index (χ0v) is 17.9. The van der Waals surface area contributed by atoms with E-state index < -0.39 is 5.91 Å². The van der Waals surface area contributed by atoms with E-state index in [1.165, 1.54) is 0 Å². The van der Waals surface area contributed by atoms with Gasteiger partial charge < -0.3 is 10.1 Å². The standard InChI is InChI=1S/C26H24N4O2/c1-4-13-28-26(31)21(17-27)16-22-18-30(23-9-7-6-8-10-23)29-25(22)20-11-12-24(19(3)15-20)32-14-5-2/h4-12,15-16,18H,1-2,13-14H2,3H3,(H,28,31). The van der Waals surface area contributed by atoms with Crippen molar-refractivity contribution in [1.82, 2.24) is 15.1 Å². The molecule has 1 aromatic heterocycles. The Bertz CT molecular complexity index is 1200. The first-order chi connectivity index (χ1) is 15.6. The Morgan fingerprint density at radius 1 is 1.22 bits per heavy atom. The van der Waals surface area contributed by atoms with Gasteiger partial charge in [-0.15, -0.1) is 6.58 Å². The summed E-state index contributed by atoms with van der Waals surface area (Å²) in [6.45, 7) is 9.90. The van der Waals surface area contributed by atoms with E-state index in [9.17, 15) is 10.1 Å². The molecule has 0 spiro atoms. The van der Waals surface area contributed by atoms with Crippen molar-refractivity contribution in [1.29, 1.82) is 5.26 Å². The number of carbonyl (C=O) groups excluding carboxylic acids is 1.